The van der Waals surface area contributed by atoms with Crippen LogP contribution in [0, 0.1) is 6.92 Å². The molecule has 0 N–H and O–H groups in total. The van der Waals surface area contributed by atoms with E-state index in [9.17, 15) is 4.79 Å². The molecule has 2 rings (SSSR count). The minimum Gasteiger partial charge on any atom is -0.461 e. The zero-order valence-corrected chi connectivity index (χ0v) is 10.7. The van der Waals surface area contributed by atoms with E-state index in [0.717, 1.165) is 16.3 Å². The molecule has 0 saturated carbocycles. The number of aromatic nitrogens is 3. The Kier molecular flexibility index (Phi) is 3.23. The number of carbonyl (C=O) groups is 1. The lowest BCUT2D eigenvalue weighted by atomic mass is 10.3. The molecule has 0 unspecified atom stereocenters. The molecule has 0 fully saturated rings. The molecule has 0 aromatic carbocycles. The number of hydrogen-bond acceptors (Lipinski definition) is 5. The molecular weight excluding hydrogens is 238 g/mol. The molecule has 0 spiro atoms. The second-order valence-corrected chi connectivity index (χ2v) is 4.42. The lowest BCUT2D eigenvalue weighted by Gasteiger charge is -1.96. The fourth-order valence-electron chi connectivity index (χ4n) is 1.51. The van der Waals surface area contributed by atoms with E-state index >= 15 is 0 Å². The van der Waals surface area contributed by atoms with Crippen LogP contribution in [0.5, 0.6) is 0 Å². The third kappa shape index (κ3) is 2.36. The first-order valence-corrected chi connectivity index (χ1v) is 6.13. The van der Waals surface area contributed by atoms with Crippen LogP contribution in [0.15, 0.2) is 11.6 Å². The highest BCUT2D eigenvalue weighted by molar-refractivity contribution is 7.13. The van der Waals surface area contributed by atoms with Crippen molar-refractivity contribution in [3.63, 3.8) is 0 Å². The Bertz CT molecular complexity index is 545. The van der Waals surface area contributed by atoms with E-state index in [-0.39, 0.29) is 5.97 Å². The van der Waals surface area contributed by atoms with Crippen LogP contribution < -0.4 is 0 Å². The molecule has 2 aromatic heterocycles. The lowest BCUT2D eigenvalue weighted by molar-refractivity contribution is 0.0520. The minimum absolute atomic E-state index is 0.357. The Hall–Kier alpha value is -1.69. The van der Waals surface area contributed by atoms with Gasteiger partial charge in [-0.1, -0.05) is 0 Å². The number of rotatable bonds is 3. The lowest BCUT2D eigenvalue weighted by Crippen LogP contribution is -2.04. The fraction of sp³-hybridized carbons (Fsp3) is 0.364. The molecule has 2 aromatic rings. The van der Waals surface area contributed by atoms with Crippen LogP contribution in [0.1, 0.15) is 23.1 Å². The Morgan fingerprint density at radius 3 is 2.94 bits per heavy atom. The highest BCUT2D eigenvalue weighted by Gasteiger charge is 2.15. The van der Waals surface area contributed by atoms with Gasteiger partial charge >= 0.3 is 5.97 Å². The molecule has 0 aliphatic heterocycles. The van der Waals surface area contributed by atoms with Gasteiger partial charge in [-0.3, -0.25) is 4.68 Å². The molecule has 0 bridgehead atoms. The minimum atomic E-state index is -0.378. The van der Waals surface area contributed by atoms with Crippen molar-refractivity contribution in [1.29, 1.82) is 0 Å². The van der Waals surface area contributed by atoms with Crippen molar-refractivity contribution in [2.45, 2.75) is 13.8 Å². The van der Waals surface area contributed by atoms with E-state index in [1.165, 1.54) is 11.3 Å². The normalized spacial score (nSPS) is 10.5. The first-order chi connectivity index (χ1) is 8.11. The zero-order chi connectivity index (χ0) is 12.4. The van der Waals surface area contributed by atoms with E-state index in [1.54, 1.807) is 17.0 Å². The zero-order valence-electron chi connectivity index (χ0n) is 9.93. The summed E-state index contributed by atoms with van der Waals surface area (Å²) in [7, 11) is 1.86. The maximum Gasteiger partial charge on any atom is 0.357 e. The number of hydrogen-bond donors (Lipinski definition) is 0. The quantitative estimate of drug-likeness (QED) is 0.783. The number of nitrogens with zero attached hydrogens (tertiary/aromatic N) is 3. The van der Waals surface area contributed by atoms with E-state index in [1.807, 2.05) is 20.2 Å². The summed E-state index contributed by atoms with van der Waals surface area (Å²) in [6.07, 6.45) is 1.89. The van der Waals surface area contributed by atoms with Crippen LogP contribution in [0.4, 0.5) is 0 Å². The summed E-state index contributed by atoms with van der Waals surface area (Å²) in [5.74, 6) is -0.378. The van der Waals surface area contributed by atoms with Gasteiger partial charge in [0.1, 0.15) is 5.01 Å². The predicted octanol–water partition coefficient (Wildman–Crippen LogP) is 2.03. The van der Waals surface area contributed by atoms with Gasteiger partial charge in [0.25, 0.3) is 0 Å². The molecule has 6 heteroatoms. The fourth-order valence-corrected chi connectivity index (χ4v) is 2.36. The van der Waals surface area contributed by atoms with Crippen molar-refractivity contribution in [2.75, 3.05) is 6.61 Å². The highest BCUT2D eigenvalue weighted by Crippen LogP contribution is 2.26. The van der Waals surface area contributed by atoms with Gasteiger partial charge in [-0.15, -0.1) is 11.3 Å². The number of ether oxygens (including phenoxy) is 1. The molecule has 0 aliphatic rings. The van der Waals surface area contributed by atoms with Gasteiger partial charge in [0, 0.05) is 18.6 Å². The van der Waals surface area contributed by atoms with Crippen LogP contribution in [-0.2, 0) is 11.8 Å². The van der Waals surface area contributed by atoms with Crippen molar-refractivity contribution in [1.82, 2.24) is 14.8 Å². The summed E-state index contributed by atoms with van der Waals surface area (Å²) in [4.78, 5) is 15.7. The van der Waals surface area contributed by atoms with Gasteiger partial charge < -0.3 is 4.74 Å². The van der Waals surface area contributed by atoms with Crippen molar-refractivity contribution in [2.24, 2.45) is 7.05 Å². The Balaban J connectivity index is 2.30. The van der Waals surface area contributed by atoms with Gasteiger partial charge in [-0.25, -0.2) is 9.78 Å². The first-order valence-electron chi connectivity index (χ1n) is 5.25. The number of esters is 1. The van der Waals surface area contributed by atoms with E-state index in [4.69, 9.17) is 4.74 Å². The second kappa shape index (κ2) is 4.67. The molecule has 2 heterocycles. The van der Waals surface area contributed by atoms with Crippen LogP contribution in [0.2, 0.25) is 0 Å². The summed E-state index contributed by atoms with van der Waals surface area (Å²) in [6, 6.07) is 0. The van der Waals surface area contributed by atoms with Crippen LogP contribution >= 0.6 is 11.3 Å². The average Bonchev–Trinajstić information content (AvgIpc) is 2.85. The molecule has 0 saturated heterocycles. The van der Waals surface area contributed by atoms with Crippen molar-refractivity contribution >= 4 is 17.3 Å². The average molecular weight is 251 g/mol. The third-order valence-electron chi connectivity index (χ3n) is 2.23. The van der Waals surface area contributed by atoms with Crippen molar-refractivity contribution in [3.05, 3.63) is 23.0 Å². The molecule has 90 valence electrons. The summed E-state index contributed by atoms with van der Waals surface area (Å²) in [5.41, 5.74) is 2.21. The number of aryl methyl sites for hydroxylation is 2. The third-order valence-corrected chi connectivity index (χ3v) is 3.11. The first kappa shape index (κ1) is 11.8. The summed E-state index contributed by atoms with van der Waals surface area (Å²) in [6.45, 7) is 4.05. The largest absolute Gasteiger partial charge is 0.461 e. The molecule has 17 heavy (non-hydrogen) atoms. The van der Waals surface area contributed by atoms with Crippen molar-refractivity contribution in [3.8, 4) is 10.6 Å². The SMILES string of the molecule is CCOC(=O)c1csc(-c2cn(C)nc2C)n1. The van der Waals surface area contributed by atoms with E-state index in [2.05, 4.69) is 10.1 Å². The van der Waals surface area contributed by atoms with Crippen LogP contribution in [0.25, 0.3) is 10.6 Å². The molecule has 0 atom stereocenters. The monoisotopic (exact) mass is 251 g/mol. The maximum atomic E-state index is 11.5. The van der Waals surface area contributed by atoms with E-state index < -0.39 is 0 Å². The molecule has 5 nitrogen and oxygen atoms in total. The number of carbonyl (C=O) groups excluding carboxylic acids is 1. The van der Waals surface area contributed by atoms with E-state index in [0.29, 0.717) is 12.3 Å². The van der Waals surface area contributed by atoms with Gasteiger partial charge in [0.05, 0.1) is 17.9 Å². The Morgan fingerprint density at radius 1 is 1.59 bits per heavy atom. The van der Waals surface area contributed by atoms with Gasteiger partial charge in [0.2, 0.25) is 0 Å². The standard InChI is InChI=1S/C11H13N3O2S/c1-4-16-11(15)9-6-17-10(12-9)8-5-14(3)13-7(8)2/h5-6H,4H2,1-3H3. The summed E-state index contributed by atoms with van der Waals surface area (Å²) in [5, 5.41) is 6.74. The Morgan fingerprint density at radius 2 is 2.35 bits per heavy atom. The smallest absolute Gasteiger partial charge is 0.357 e. The van der Waals surface area contributed by atoms with Gasteiger partial charge in [-0.05, 0) is 13.8 Å². The highest BCUT2D eigenvalue weighted by atomic mass is 32.1. The van der Waals surface area contributed by atoms with Crippen LogP contribution in [0.3, 0.4) is 0 Å². The van der Waals surface area contributed by atoms with Crippen LogP contribution in [-0.4, -0.2) is 27.3 Å². The number of thiazole rings is 1. The second-order valence-electron chi connectivity index (χ2n) is 3.56. The molecule has 0 radical (unpaired) electrons. The maximum absolute atomic E-state index is 11.5. The molecule has 0 aliphatic carbocycles. The molecular formula is C11H13N3O2S. The predicted molar refractivity (Wildman–Crippen MR) is 65.0 cm³/mol. The van der Waals surface area contributed by atoms with Gasteiger partial charge in [-0.2, -0.15) is 5.10 Å². The Labute approximate surface area is 103 Å². The molecule has 0 amide bonds. The summed E-state index contributed by atoms with van der Waals surface area (Å²) >= 11 is 1.42. The summed E-state index contributed by atoms with van der Waals surface area (Å²) < 4.78 is 6.63. The van der Waals surface area contributed by atoms with Gasteiger partial charge in [0.15, 0.2) is 5.69 Å². The van der Waals surface area contributed by atoms with Crippen molar-refractivity contribution < 1.29 is 9.53 Å². The topological polar surface area (TPSA) is 57.0 Å².